The van der Waals surface area contributed by atoms with Gasteiger partial charge in [-0.3, -0.25) is 4.98 Å². The topological polar surface area (TPSA) is 25.8 Å². The SMILES string of the molecule is CC1(C)c2ccccc2Sc2c(-c3ccc(-c4ccc5ccc6cccnc6c5n4)cc3)cccc21. The molecular weight excluding hydrogens is 456 g/mol. The first kappa shape index (κ1) is 21.3. The second-order valence-corrected chi connectivity index (χ2v) is 10.9. The molecule has 1 aliphatic rings. The minimum Gasteiger partial charge on any atom is -0.254 e. The summed E-state index contributed by atoms with van der Waals surface area (Å²) < 4.78 is 0. The first-order valence-electron chi connectivity index (χ1n) is 12.3. The van der Waals surface area contributed by atoms with Gasteiger partial charge in [0.1, 0.15) is 0 Å². The standard InChI is InChI=1S/C33H24N2S/c1-33(2)26-9-3-4-11-29(26)36-32-25(8-5-10-27(32)33)21-12-14-22(15-13-21)28-19-18-24-17-16-23-7-6-20-34-30(23)31(24)35-28/h3-20H,1-2H3. The summed E-state index contributed by atoms with van der Waals surface area (Å²) >= 11 is 1.89. The summed E-state index contributed by atoms with van der Waals surface area (Å²) in [6.45, 7) is 4.67. The van der Waals surface area contributed by atoms with Crippen molar-refractivity contribution in [3.63, 3.8) is 0 Å². The normalized spacial score (nSPS) is 13.9. The molecule has 6 aromatic rings. The van der Waals surface area contributed by atoms with Gasteiger partial charge in [-0.05, 0) is 40.5 Å². The third-order valence-electron chi connectivity index (χ3n) is 7.38. The van der Waals surface area contributed by atoms with E-state index in [1.807, 2.05) is 24.0 Å². The van der Waals surface area contributed by atoms with Crippen LogP contribution in [0, 0.1) is 0 Å². The van der Waals surface area contributed by atoms with E-state index in [9.17, 15) is 0 Å². The fraction of sp³-hybridized carbons (Fsp3) is 0.0909. The molecule has 0 bridgehead atoms. The van der Waals surface area contributed by atoms with Crippen molar-refractivity contribution in [2.75, 3.05) is 0 Å². The Morgan fingerprint density at radius 3 is 2.19 bits per heavy atom. The van der Waals surface area contributed by atoms with E-state index in [1.54, 1.807) is 0 Å². The predicted octanol–water partition coefficient (Wildman–Crippen LogP) is 8.91. The lowest BCUT2D eigenvalue weighted by atomic mass is 9.77. The maximum Gasteiger partial charge on any atom is 0.0972 e. The largest absolute Gasteiger partial charge is 0.254 e. The van der Waals surface area contributed by atoms with E-state index in [4.69, 9.17) is 4.98 Å². The van der Waals surface area contributed by atoms with Crippen molar-refractivity contribution >= 4 is 33.6 Å². The summed E-state index contributed by atoms with van der Waals surface area (Å²) in [7, 11) is 0. The molecule has 4 aromatic carbocycles. The zero-order valence-electron chi connectivity index (χ0n) is 20.2. The summed E-state index contributed by atoms with van der Waals surface area (Å²) in [5.74, 6) is 0. The van der Waals surface area contributed by atoms with Gasteiger partial charge in [0.15, 0.2) is 0 Å². The van der Waals surface area contributed by atoms with Crippen LogP contribution in [0.25, 0.3) is 44.2 Å². The third kappa shape index (κ3) is 3.27. The van der Waals surface area contributed by atoms with Crippen LogP contribution in [-0.2, 0) is 5.41 Å². The molecule has 0 amide bonds. The fourth-order valence-electron chi connectivity index (χ4n) is 5.40. The van der Waals surface area contributed by atoms with Gasteiger partial charge in [-0.1, -0.05) is 111 Å². The van der Waals surface area contributed by atoms with Crippen molar-refractivity contribution in [3.05, 3.63) is 120 Å². The molecular formula is C33H24N2S. The average Bonchev–Trinajstić information content (AvgIpc) is 2.93. The third-order valence-corrected chi connectivity index (χ3v) is 8.60. The zero-order valence-corrected chi connectivity index (χ0v) is 21.0. The van der Waals surface area contributed by atoms with Crippen LogP contribution in [0.4, 0.5) is 0 Å². The van der Waals surface area contributed by atoms with E-state index in [0.29, 0.717) is 0 Å². The molecule has 3 heterocycles. The van der Waals surface area contributed by atoms with Gasteiger partial charge in [0.05, 0.1) is 16.7 Å². The van der Waals surface area contributed by atoms with Crippen molar-refractivity contribution < 1.29 is 0 Å². The van der Waals surface area contributed by atoms with Crippen LogP contribution in [0.15, 0.2) is 119 Å². The predicted molar refractivity (Wildman–Crippen MR) is 151 cm³/mol. The van der Waals surface area contributed by atoms with Crippen LogP contribution < -0.4 is 0 Å². The summed E-state index contributed by atoms with van der Waals surface area (Å²) in [5, 5.41) is 2.22. The lowest BCUT2D eigenvalue weighted by Gasteiger charge is -2.35. The van der Waals surface area contributed by atoms with E-state index < -0.39 is 0 Å². The first-order chi connectivity index (χ1) is 17.6. The van der Waals surface area contributed by atoms with Gasteiger partial charge in [0.2, 0.25) is 0 Å². The lowest BCUT2D eigenvalue weighted by Crippen LogP contribution is -2.23. The Bertz CT molecular complexity index is 1780. The lowest BCUT2D eigenvalue weighted by molar-refractivity contribution is 0.608. The van der Waals surface area contributed by atoms with Gasteiger partial charge < -0.3 is 0 Å². The van der Waals surface area contributed by atoms with Crippen LogP contribution in [0.1, 0.15) is 25.0 Å². The summed E-state index contributed by atoms with van der Waals surface area (Å²) in [5.41, 5.74) is 9.25. The van der Waals surface area contributed by atoms with Crippen LogP contribution in [-0.4, -0.2) is 9.97 Å². The Labute approximate surface area is 215 Å². The van der Waals surface area contributed by atoms with E-state index in [1.165, 1.54) is 32.0 Å². The van der Waals surface area contributed by atoms with Crippen molar-refractivity contribution in [2.24, 2.45) is 0 Å². The molecule has 0 radical (unpaired) electrons. The quantitative estimate of drug-likeness (QED) is 0.231. The molecule has 0 atom stereocenters. The Kier molecular flexibility index (Phi) is 4.77. The number of nitrogens with zero attached hydrogens (tertiary/aromatic N) is 2. The van der Waals surface area contributed by atoms with E-state index in [0.717, 1.165) is 33.1 Å². The van der Waals surface area contributed by atoms with Crippen molar-refractivity contribution in [1.29, 1.82) is 0 Å². The average molecular weight is 481 g/mol. The number of aromatic nitrogens is 2. The van der Waals surface area contributed by atoms with Crippen molar-refractivity contribution in [3.8, 4) is 22.4 Å². The number of hydrogen-bond acceptors (Lipinski definition) is 3. The molecule has 2 aromatic heterocycles. The molecule has 36 heavy (non-hydrogen) atoms. The summed E-state index contributed by atoms with van der Waals surface area (Å²) in [4.78, 5) is 12.3. The minimum absolute atomic E-state index is 0.0288. The van der Waals surface area contributed by atoms with Crippen LogP contribution in [0.2, 0.25) is 0 Å². The molecule has 7 rings (SSSR count). The van der Waals surface area contributed by atoms with E-state index in [-0.39, 0.29) is 5.41 Å². The Balaban J connectivity index is 1.30. The van der Waals surface area contributed by atoms with Gasteiger partial charge in [-0.2, -0.15) is 0 Å². The first-order valence-corrected chi connectivity index (χ1v) is 13.1. The second-order valence-electron chi connectivity index (χ2n) is 9.89. The highest BCUT2D eigenvalue weighted by Gasteiger charge is 2.33. The highest BCUT2D eigenvalue weighted by atomic mass is 32.2. The number of pyridine rings is 2. The van der Waals surface area contributed by atoms with Crippen molar-refractivity contribution in [1.82, 2.24) is 9.97 Å². The Morgan fingerprint density at radius 1 is 0.611 bits per heavy atom. The van der Waals surface area contributed by atoms with Crippen LogP contribution in [0.5, 0.6) is 0 Å². The monoisotopic (exact) mass is 480 g/mol. The number of rotatable bonds is 2. The van der Waals surface area contributed by atoms with E-state index in [2.05, 4.69) is 116 Å². The molecule has 3 heteroatoms. The highest BCUT2D eigenvalue weighted by molar-refractivity contribution is 7.99. The molecule has 0 spiro atoms. The van der Waals surface area contributed by atoms with Gasteiger partial charge in [0, 0.05) is 37.7 Å². The number of fused-ring (bicyclic) bond motifs is 5. The molecule has 1 aliphatic heterocycles. The molecule has 172 valence electrons. The van der Waals surface area contributed by atoms with Gasteiger partial charge in [-0.25, -0.2) is 4.98 Å². The van der Waals surface area contributed by atoms with Crippen LogP contribution in [0.3, 0.4) is 0 Å². The number of benzene rings is 4. The highest BCUT2D eigenvalue weighted by Crippen LogP contribution is 2.52. The Morgan fingerprint density at radius 2 is 1.33 bits per heavy atom. The van der Waals surface area contributed by atoms with Gasteiger partial charge >= 0.3 is 0 Å². The van der Waals surface area contributed by atoms with Gasteiger partial charge in [-0.15, -0.1) is 0 Å². The maximum absolute atomic E-state index is 5.02. The summed E-state index contributed by atoms with van der Waals surface area (Å²) in [6.07, 6.45) is 1.84. The van der Waals surface area contributed by atoms with Gasteiger partial charge in [0.25, 0.3) is 0 Å². The summed E-state index contributed by atoms with van der Waals surface area (Å²) in [6, 6.07) is 36.9. The molecule has 0 aliphatic carbocycles. The molecule has 0 N–H and O–H groups in total. The Hall–Kier alpha value is -3.95. The fourth-order valence-corrected chi connectivity index (χ4v) is 6.93. The minimum atomic E-state index is -0.0288. The van der Waals surface area contributed by atoms with E-state index >= 15 is 0 Å². The van der Waals surface area contributed by atoms with Crippen molar-refractivity contribution in [2.45, 2.75) is 29.1 Å². The molecule has 0 fully saturated rings. The molecule has 2 nitrogen and oxygen atoms in total. The zero-order chi connectivity index (χ0) is 24.3. The van der Waals surface area contributed by atoms with Crippen LogP contribution >= 0.6 is 11.8 Å². The molecule has 0 unspecified atom stereocenters. The smallest absolute Gasteiger partial charge is 0.0972 e. The molecule has 0 saturated carbocycles. The number of hydrogen-bond donors (Lipinski definition) is 0. The molecule has 0 saturated heterocycles. The maximum atomic E-state index is 5.02. The second kappa shape index (κ2) is 8.04.